The van der Waals surface area contributed by atoms with Gasteiger partial charge in [-0.2, -0.15) is 0 Å². The third kappa shape index (κ3) is 9.00. The predicted molar refractivity (Wildman–Crippen MR) is 77.8 cm³/mol. The van der Waals surface area contributed by atoms with Crippen molar-refractivity contribution in [2.45, 2.75) is 45.4 Å². The quantitative estimate of drug-likeness (QED) is 0.151. The van der Waals surface area contributed by atoms with Crippen LogP contribution in [0.3, 0.4) is 0 Å². The molecule has 3 heteroatoms. The van der Waals surface area contributed by atoms with E-state index in [2.05, 4.69) is 24.3 Å². The Morgan fingerprint density at radius 3 is 2.32 bits per heavy atom. The molecule has 19 heavy (non-hydrogen) atoms. The largest absolute Gasteiger partial charge is 0.465 e. The molecule has 0 aromatic rings. The molecule has 0 spiro atoms. The number of esters is 1. The van der Waals surface area contributed by atoms with Gasteiger partial charge in [-0.1, -0.05) is 50.6 Å². The lowest BCUT2D eigenvalue weighted by Crippen LogP contribution is -2.12. The Kier molecular flexibility index (Phi) is 10.5. The number of rotatable bonds is 10. The first kappa shape index (κ1) is 17.4. The van der Waals surface area contributed by atoms with Gasteiger partial charge in [0, 0.05) is 6.42 Å². The van der Waals surface area contributed by atoms with Crippen LogP contribution < -0.4 is 0 Å². The number of allylic oxidation sites excluding steroid dienone is 4. The molecule has 0 fully saturated rings. The molecule has 0 unspecified atom stereocenters. The van der Waals surface area contributed by atoms with Crippen molar-refractivity contribution in [2.24, 2.45) is 0 Å². The fourth-order valence-electron chi connectivity index (χ4n) is 1.46. The second-order valence-electron chi connectivity index (χ2n) is 4.28. The zero-order chi connectivity index (χ0) is 14.5. The Balaban J connectivity index is 3.75. The summed E-state index contributed by atoms with van der Waals surface area (Å²) in [5, 5.41) is 0. The number of unbranched alkanes of at least 4 members (excludes halogenated alkanes) is 3. The Bertz CT molecular complexity index is 351. The van der Waals surface area contributed by atoms with Crippen molar-refractivity contribution >= 4 is 11.8 Å². The zero-order valence-corrected chi connectivity index (χ0v) is 12.0. The van der Waals surface area contributed by atoms with Gasteiger partial charge in [0.1, 0.15) is 0 Å². The van der Waals surface area contributed by atoms with E-state index in [0.717, 1.165) is 6.42 Å². The first-order chi connectivity index (χ1) is 9.13. The van der Waals surface area contributed by atoms with Crippen LogP contribution >= 0.6 is 0 Å². The van der Waals surface area contributed by atoms with Crippen molar-refractivity contribution in [1.29, 1.82) is 0 Å². The van der Waals surface area contributed by atoms with Gasteiger partial charge in [-0.25, -0.2) is 4.79 Å². The minimum Gasteiger partial charge on any atom is -0.465 e. The summed E-state index contributed by atoms with van der Waals surface area (Å²) in [5.41, 5.74) is -0.0778. The van der Waals surface area contributed by atoms with Crippen LogP contribution in [0.15, 0.2) is 36.5 Å². The predicted octanol–water partition coefficient (Wildman–Crippen LogP) is 3.76. The molecule has 3 nitrogen and oxygen atoms in total. The van der Waals surface area contributed by atoms with Crippen molar-refractivity contribution < 1.29 is 14.3 Å². The molecule has 0 aliphatic carbocycles. The summed E-state index contributed by atoms with van der Waals surface area (Å²) in [6, 6.07) is 0. The molecule has 0 atom stereocenters. The van der Waals surface area contributed by atoms with Crippen LogP contribution in [-0.2, 0) is 14.3 Å². The van der Waals surface area contributed by atoms with E-state index in [0.29, 0.717) is 6.42 Å². The minimum atomic E-state index is -0.648. The standard InChI is InChI=1S/C16H24O3/c1-4-5-6-7-8-9-10-11-12-13-15(17)14(2)16(18)19-3/h8-11H,2,4-7,12-13H2,1,3H3/b9-8+,11-10+. The number of hydrogen-bond donors (Lipinski definition) is 0. The molecule has 0 aliphatic rings. The summed E-state index contributed by atoms with van der Waals surface area (Å²) < 4.78 is 4.44. The van der Waals surface area contributed by atoms with Crippen molar-refractivity contribution in [3.63, 3.8) is 0 Å². The highest BCUT2D eigenvalue weighted by atomic mass is 16.5. The van der Waals surface area contributed by atoms with Crippen LogP contribution in [0.25, 0.3) is 0 Å². The van der Waals surface area contributed by atoms with Gasteiger partial charge in [-0.15, -0.1) is 0 Å². The monoisotopic (exact) mass is 264 g/mol. The Morgan fingerprint density at radius 1 is 1.11 bits per heavy atom. The first-order valence-corrected chi connectivity index (χ1v) is 6.75. The summed E-state index contributed by atoms with van der Waals surface area (Å²) in [7, 11) is 1.24. The smallest absolute Gasteiger partial charge is 0.340 e. The van der Waals surface area contributed by atoms with Gasteiger partial charge >= 0.3 is 5.97 Å². The molecule has 0 saturated carbocycles. The SMILES string of the molecule is C=C(C(=O)CC/C=C/C=C/CCCCC)C(=O)OC. The summed E-state index contributed by atoms with van der Waals surface area (Å²) in [5.74, 6) is -0.909. The summed E-state index contributed by atoms with van der Waals surface area (Å²) in [6.45, 7) is 5.60. The highest BCUT2D eigenvalue weighted by Gasteiger charge is 2.14. The van der Waals surface area contributed by atoms with E-state index in [4.69, 9.17) is 0 Å². The zero-order valence-electron chi connectivity index (χ0n) is 12.0. The summed E-state index contributed by atoms with van der Waals surface area (Å²) >= 11 is 0. The molecule has 0 bridgehead atoms. The van der Waals surface area contributed by atoms with Crippen LogP contribution in [0.5, 0.6) is 0 Å². The van der Waals surface area contributed by atoms with Gasteiger partial charge < -0.3 is 4.74 Å². The fourth-order valence-corrected chi connectivity index (χ4v) is 1.46. The molecule has 0 rings (SSSR count). The Hall–Kier alpha value is -1.64. The number of carbonyl (C=O) groups is 2. The number of Topliss-reactive ketones (excluding diaryl/α,β-unsaturated/α-hetero) is 1. The minimum absolute atomic E-state index is 0.0778. The second-order valence-corrected chi connectivity index (χ2v) is 4.28. The maximum Gasteiger partial charge on any atom is 0.340 e. The van der Waals surface area contributed by atoms with E-state index >= 15 is 0 Å². The maximum atomic E-state index is 11.5. The van der Waals surface area contributed by atoms with E-state index in [1.54, 1.807) is 0 Å². The highest BCUT2D eigenvalue weighted by molar-refractivity contribution is 6.16. The Labute approximate surface area is 116 Å². The molecule has 0 radical (unpaired) electrons. The molecule has 0 N–H and O–H groups in total. The second kappa shape index (κ2) is 11.5. The average molecular weight is 264 g/mol. The molecule has 0 aromatic carbocycles. The van der Waals surface area contributed by atoms with Crippen molar-refractivity contribution in [3.05, 3.63) is 36.5 Å². The Morgan fingerprint density at radius 2 is 1.74 bits per heavy atom. The fraction of sp³-hybridized carbons (Fsp3) is 0.500. The van der Waals surface area contributed by atoms with Crippen LogP contribution in [0.1, 0.15) is 45.4 Å². The number of hydrogen-bond acceptors (Lipinski definition) is 3. The highest BCUT2D eigenvalue weighted by Crippen LogP contribution is 2.04. The number of carbonyl (C=O) groups excluding carboxylic acids is 2. The lowest BCUT2D eigenvalue weighted by molar-refractivity contribution is -0.137. The van der Waals surface area contributed by atoms with Gasteiger partial charge in [-0.05, 0) is 19.3 Å². The third-order valence-electron chi connectivity index (χ3n) is 2.66. The summed E-state index contributed by atoms with van der Waals surface area (Å²) in [6.07, 6.45) is 13.7. The topological polar surface area (TPSA) is 43.4 Å². The maximum absolute atomic E-state index is 11.5. The van der Waals surface area contributed by atoms with Crippen molar-refractivity contribution in [2.75, 3.05) is 7.11 Å². The molecule has 0 heterocycles. The number of methoxy groups -OCH3 is 1. The average Bonchev–Trinajstić information content (AvgIpc) is 2.43. The van der Waals surface area contributed by atoms with E-state index in [-0.39, 0.29) is 17.8 Å². The lowest BCUT2D eigenvalue weighted by Gasteiger charge is -2.00. The van der Waals surface area contributed by atoms with Gasteiger partial charge in [-0.3, -0.25) is 4.79 Å². The van der Waals surface area contributed by atoms with E-state index in [9.17, 15) is 9.59 Å². The van der Waals surface area contributed by atoms with Crippen LogP contribution in [-0.4, -0.2) is 18.9 Å². The van der Waals surface area contributed by atoms with E-state index in [1.807, 2.05) is 18.2 Å². The summed E-state index contributed by atoms with van der Waals surface area (Å²) in [4.78, 5) is 22.5. The molecule has 0 saturated heterocycles. The first-order valence-electron chi connectivity index (χ1n) is 6.75. The number of ether oxygens (including phenoxy) is 1. The van der Waals surface area contributed by atoms with E-state index < -0.39 is 5.97 Å². The molecule has 0 aliphatic heterocycles. The molecular formula is C16H24O3. The lowest BCUT2D eigenvalue weighted by atomic mass is 10.1. The molecule has 106 valence electrons. The van der Waals surface area contributed by atoms with Gasteiger partial charge in [0.15, 0.2) is 5.78 Å². The van der Waals surface area contributed by atoms with E-state index in [1.165, 1.54) is 26.4 Å². The van der Waals surface area contributed by atoms with Crippen LogP contribution in [0, 0.1) is 0 Å². The van der Waals surface area contributed by atoms with Gasteiger partial charge in [0.25, 0.3) is 0 Å². The van der Waals surface area contributed by atoms with Crippen molar-refractivity contribution in [3.8, 4) is 0 Å². The molecule has 0 amide bonds. The molecule has 0 aromatic heterocycles. The molecular weight excluding hydrogens is 240 g/mol. The van der Waals surface area contributed by atoms with Crippen molar-refractivity contribution in [1.82, 2.24) is 0 Å². The number of ketones is 1. The van der Waals surface area contributed by atoms with Crippen LogP contribution in [0.4, 0.5) is 0 Å². The van der Waals surface area contributed by atoms with Crippen LogP contribution in [0.2, 0.25) is 0 Å². The van der Waals surface area contributed by atoms with Gasteiger partial charge in [0.2, 0.25) is 0 Å². The third-order valence-corrected chi connectivity index (χ3v) is 2.66. The normalized spacial score (nSPS) is 11.1. The van der Waals surface area contributed by atoms with Gasteiger partial charge in [0.05, 0.1) is 12.7 Å².